The number of hydrogen-bond acceptors (Lipinski definition) is 5. The number of aryl methyl sites for hydroxylation is 2. The first-order valence-corrected chi connectivity index (χ1v) is 9.80. The standard InChI is InChI=1S/C24H29NO4/c1-18-10-11-23(19(2)13-18)29-17-21(26)15-25(16-22-8-6-12-28-22)14-20-7-4-5-9-24(20)27-3/h4-13,21,26H,14-17H2,1-3H3. The molecule has 0 amide bonds. The van der Waals surface area contributed by atoms with E-state index < -0.39 is 6.10 Å². The minimum atomic E-state index is -0.639. The Morgan fingerprint density at radius 1 is 1.00 bits per heavy atom. The molecule has 1 heterocycles. The van der Waals surface area contributed by atoms with E-state index in [4.69, 9.17) is 13.9 Å². The van der Waals surface area contributed by atoms with E-state index in [1.807, 2.05) is 55.5 Å². The summed E-state index contributed by atoms with van der Waals surface area (Å²) in [4.78, 5) is 2.13. The zero-order chi connectivity index (χ0) is 20.6. The van der Waals surface area contributed by atoms with Crippen LogP contribution in [0.5, 0.6) is 11.5 Å². The van der Waals surface area contributed by atoms with Crippen molar-refractivity contribution in [3.05, 3.63) is 83.3 Å². The maximum absolute atomic E-state index is 10.6. The molecule has 0 aliphatic carbocycles. The molecule has 3 aromatic rings. The van der Waals surface area contributed by atoms with Crippen molar-refractivity contribution in [1.29, 1.82) is 0 Å². The van der Waals surface area contributed by atoms with Crippen molar-refractivity contribution in [1.82, 2.24) is 4.90 Å². The number of ether oxygens (including phenoxy) is 2. The van der Waals surface area contributed by atoms with E-state index in [2.05, 4.69) is 17.9 Å². The third kappa shape index (κ3) is 6.11. The van der Waals surface area contributed by atoms with Gasteiger partial charge >= 0.3 is 0 Å². The van der Waals surface area contributed by atoms with Crippen LogP contribution in [0.4, 0.5) is 0 Å². The van der Waals surface area contributed by atoms with Crippen LogP contribution in [-0.2, 0) is 13.1 Å². The zero-order valence-corrected chi connectivity index (χ0v) is 17.3. The summed E-state index contributed by atoms with van der Waals surface area (Å²) in [5.41, 5.74) is 3.32. The first-order chi connectivity index (χ1) is 14.0. The molecule has 3 rings (SSSR count). The second-order valence-electron chi connectivity index (χ2n) is 7.29. The van der Waals surface area contributed by atoms with E-state index in [0.29, 0.717) is 19.6 Å². The summed E-state index contributed by atoms with van der Waals surface area (Å²) in [7, 11) is 1.67. The molecule has 1 unspecified atom stereocenters. The third-order valence-corrected chi connectivity index (χ3v) is 4.78. The van der Waals surface area contributed by atoms with E-state index >= 15 is 0 Å². The van der Waals surface area contributed by atoms with Gasteiger partial charge in [-0.25, -0.2) is 0 Å². The average molecular weight is 395 g/mol. The topological polar surface area (TPSA) is 55.1 Å². The largest absolute Gasteiger partial charge is 0.496 e. The number of aliphatic hydroxyl groups is 1. The maximum Gasteiger partial charge on any atom is 0.123 e. The quantitative estimate of drug-likeness (QED) is 0.553. The molecule has 0 saturated carbocycles. The second kappa shape index (κ2) is 10.1. The predicted molar refractivity (Wildman–Crippen MR) is 113 cm³/mol. The molecule has 1 N–H and O–H groups in total. The Bertz CT molecular complexity index is 892. The molecular formula is C24H29NO4. The van der Waals surface area contributed by atoms with Gasteiger partial charge in [-0.3, -0.25) is 4.90 Å². The molecule has 154 valence electrons. The first-order valence-electron chi connectivity index (χ1n) is 9.80. The van der Waals surface area contributed by atoms with Crippen LogP contribution < -0.4 is 9.47 Å². The van der Waals surface area contributed by atoms with Gasteiger partial charge in [0.05, 0.1) is 19.9 Å². The van der Waals surface area contributed by atoms with Crippen molar-refractivity contribution < 1.29 is 19.0 Å². The van der Waals surface area contributed by atoms with Gasteiger partial charge < -0.3 is 19.0 Å². The van der Waals surface area contributed by atoms with Crippen molar-refractivity contribution in [2.24, 2.45) is 0 Å². The summed E-state index contributed by atoms with van der Waals surface area (Å²) >= 11 is 0. The lowest BCUT2D eigenvalue weighted by atomic mass is 10.1. The molecule has 0 spiro atoms. The van der Waals surface area contributed by atoms with Gasteiger partial charge in [0, 0.05) is 18.7 Å². The Morgan fingerprint density at radius 3 is 2.55 bits per heavy atom. The van der Waals surface area contributed by atoms with Gasteiger partial charge in [-0.05, 0) is 43.7 Å². The summed E-state index contributed by atoms with van der Waals surface area (Å²) in [6.45, 7) is 5.96. The first kappa shape index (κ1) is 21.0. The fourth-order valence-corrected chi connectivity index (χ4v) is 3.38. The van der Waals surface area contributed by atoms with Crippen LogP contribution in [0.1, 0.15) is 22.5 Å². The summed E-state index contributed by atoms with van der Waals surface area (Å²) in [5, 5.41) is 10.6. The van der Waals surface area contributed by atoms with E-state index in [-0.39, 0.29) is 6.61 Å². The fourth-order valence-electron chi connectivity index (χ4n) is 3.38. The lowest BCUT2D eigenvalue weighted by Crippen LogP contribution is -2.35. The maximum atomic E-state index is 10.6. The molecule has 1 atom stereocenters. The number of para-hydroxylation sites is 1. The Kier molecular flexibility index (Phi) is 7.33. The van der Waals surface area contributed by atoms with Crippen LogP contribution >= 0.6 is 0 Å². The predicted octanol–water partition coefficient (Wildman–Crippen LogP) is 4.35. The molecule has 0 saturated heterocycles. The number of nitrogens with zero attached hydrogens (tertiary/aromatic N) is 1. The third-order valence-electron chi connectivity index (χ3n) is 4.78. The lowest BCUT2D eigenvalue weighted by Gasteiger charge is -2.25. The molecule has 0 fully saturated rings. The summed E-state index contributed by atoms with van der Waals surface area (Å²) in [5.74, 6) is 2.48. The van der Waals surface area contributed by atoms with Gasteiger partial charge in [-0.2, -0.15) is 0 Å². The smallest absolute Gasteiger partial charge is 0.123 e. The monoisotopic (exact) mass is 395 g/mol. The van der Waals surface area contributed by atoms with Gasteiger partial charge in [0.2, 0.25) is 0 Å². The van der Waals surface area contributed by atoms with Crippen molar-refractivity contribution >= 4 is 0 Å². The number of rotatable bonds is 10. The van der Waals surface area contributed by atoms with E-state index in [9.17, 15) is 5.11 Å². The van der Waals surface area contributed by atoms with Crippen LogP contribution in [0.3, 0.4) is 0 Å². The average Bonchev–Trinajstić information content (AvgIpc) is 3.20. The van der Waals surface area contributed by atoms with Crippen LogP contribution in [-0.4, -0.2) is 36.4 Å². The van der Waals surface area contributed by atoms with Crippen molar-refractivity contribution in [2.45, 2.75) is 33.0 Å². The fraction of sp³-hybridized carbons (Fsp3) is 0.333. The Balaban J connectivity index is 1.65. The zero-order valence-electron chi connectivity index (χ0n) is 17.3. The van der Waals surface area contributed by atoms with Gasteiger partial charge in [0.15, 0.2) is 0 Å². The summed E-state index contributed by atoms with van der Waals surface area (Å²) in [6, 6.07) is 17.8. The minimum absolute atomic E-state index is 0.227. The summed E-state index contributed by atoms with van der Waals surface area (Å²) < 4.78 is 16.8. The van der Waals surface area contributed by atoms with Crippen LogP contribution in [0.15, 0.2) is 65.3 Å². The Hall–Kier alpha value is -2.76. The Morgan fingerprint density at radius 2 is 1.83 bits per heavy atom. The molecule has 29 heavy (non-hydrogen) atoms. The van der Waals surface area contributed by atoms with Crippen molar-refractivity contribution in [3.8, 4) is 11.5 Å². The van der Waals surface area contributed by atoms with Gasteiger partial charge in [0.25, 0.3) is 0 Å². The molecular weight excluding hydrogens is 366 g/mol. The van der Waals surface area contributed by atoms with Crippen LogP contribution in [0.2, 0.25) is 0 Å². The van der Waals surface area contributed by atoms with Gasteiger partial charge in [0.1, 0.15) is 30.0 Å². The number of hydrogen-bond donors (Lipinski definition) is 1. The number of benzene rings is 2. The molecule has 1 aromatic heterocycles. The minimum Gasteiger partial charge on any atom is -0.496 e. The van der Waals surface area contributed by atoms with Crippen molar-refractivity contribution in [3.63, 3.8) is 0 Å². The highest BCUT2D eigenvalue weighted by atomic mass is 16.5. The SMILES string of the molecule is COc1ccccc1CN(Cc1ccco1)CC(O)COc1ccc(C)cc1C. The molecule has 0 bridgehead atoms. The normalized spacial score (nSPS) is 12.2. The van der Waals surface area contributed by atoms with Gasteiger partial charge in [-0.15, -0.1) is 0 Å². The highest BCUT2D eigenvalue weighted by Crippen LogP contribution is 2.22. The molecule has 2 aromatic carbocycles. The molecule has 0 radical (unpaired) electrons. The van der Waals surface area contributed by atoms with Gasteiger partial charge in [-0.1, -0.05) is 35.9 Å². The van der Waals surface area contributed by atoms with E-state index in [1.165, 1.54) is 5.56 Å². The van der Waals surface area contributed by atoms with Crippen LogP contribution in [0.25, 0.3) is 0 Å². The van der Waals surface area contributed by atoms with E-state index in [1.54, 1.807) is 13.4 Å². The number of furan rings is 1. The highest BCUT2D eigenvalue weighted by Gasteiger charge is 2.17. The molecule has 5 nitrogen and oxygen atoms in total. The second-order valence-corrected chi connectivity index (χ2v) is 7.29. The Labute approximate surface area is 172 Å². The summed E-state index contributed by atoms with van der Waals surface area (Å²) in [6.07, 6.45) is 1.02. The number of aliphatic hydroxyl groups excluding tert-OH is 1. The van der Waals surface area contributed by atoms with E-state index in [0.717, 1.165) is 28.4 Å². The molecule has 5 heteroatoms. The lowest BCUT2D eigenvalue weighted by molar-refractivity contribution is 0.0600. The highest BCUT2D eigenvalue weighted by molar-refractivity contribution is 5.35. The van der Waals surface area contributed by atoms with Crippen molar-refractivity contribution in [2.75, 3.05) is 20.3 Å². The molecule has 0 aliphatic heterocycles. The number of methoxy groups -OCH3 is 1. The van der Waals surface area contributed by atoms with Crippen LogP contribution in [0, 0.1) is 13.8 Å². The molecule has 0 aliphatic rings.